The maximum atomic E-state index is 13.6. The first-order valence-corrected chi connectivity index (χ1v) is 13.3. The number of nitrogens with zero attached hydrogens (tertiary/aromatic N) is 5. The third kappa shape index (κ3) is 7.56. The number of nitrogens with one attached hydrogen (secondary N) is 1. The van der Waals surface area contributed by atoms with Crippen LogP contribution >= 0.6 is 24.2 Å². The van der Waals surface area contributed by atoms with Crippen LogP contribution in [-0.4, -0.2) is 108 Å². The predicted octanol–water partition coefficient (Wildman–Crippen LogP) is 2.51. The van der Waals surface area contributed by atoms with E-state index in [1.54, 1.807) is 4.90 Å². The van der Waals surface area contributed by atoms with Crippen molar-refractivity contribution in [3.05, 3.63) is 5.89 Å². The van der Waals surface area contributed by atoms with Gasteiger partial charge in [-0.1, -0.05) is 32.0 Å². The van der Waals surface area contributed by atoms with Gasteiger partial charge in [-0.2, -0.15) is 0 Å². The zero-order valence-corrected chi connectivity index (χ0v) is 23.2. The summed E-state index contributed by atoms with van der Waals surface area (Å²) in [7, 11) is 3.95. The maximum absolute atomic E-state index is 13.6. The first kappa shape index (κ1) is 30.3. The van der Waals surface area contributed by atoms with Crippen LogP contribution in [0.4, 0.5) is 4.79 Å². The summed E-state index contributed by atoms with van der Waals surface area (Å²) in [6, 6.07) is -1.09. The lowest BCUT2D eigenvalue weighted by Crippen LogP contribution is -2.67. The van der Waals surface area contributed by atoms with E-state index in [9.17, 15) is 14.4 Å². The zero-order valence-electron chi connectivity index (χ0n) is 21.6. The highest BCUT2D eigenvalue weighted by molar-refractivity contribution is 7.99. The molecule has 2 fully saturated rings. The molecule has 1 aliphatic heterocycles. The number of amides is 3. The third-order valence-electron chi connectivity index (χ3n) is 6.51. The number of halogens is 1. The molecule has 1 aromatic rings. The fourth-order valence-corrected chi connectivity index (χ4v) is 5.49. The van der Waals surface area contributed by atoms with Gasteiger partial charge in [0, 0.05) is 25.4 Å². The molecule has 11 nitrogen and oxygen atoms in total. The monoisotopic (exact) mass is 546 g/mol. The van der Waals surface area contributed by atoms with Crippen LogP contribution < -0.4 is 5.32 Å². The molecule has 1 aliphatic carbocycles. The Morgan fingerprint density at radius 2 is 1.83 bits per heavy atom. The van der Waals surface area contributed by atoms with Crippen molar-refractivity contribution in [3.63, 3.8) is 0 Å². The van der Waals surface area contributed by atoms with Gasteiger partial charge in [0.15, 0.2) is 0 Å². The maximum Gasteiger partial charge on any atom is 0.319 e. The number of carbonyl (C=O) groups excluding carboxylic acids is 3. The summed E-state index contributed by atoms with van der Waals surface area (Å²) in [5.41, 5.74) is -0.955. The van der Waals surface area contributed by atoms with Gasteiger partial charge >= 0.3 is 6.03 Å². The molecule has 0 aromatic carbocycles. The molecule has 1 saturated carbocycles. The molecule has 36 heavy (non-hydrogen) atoms. The van der Waals surface area contributed by atoms with Crippen molar-refractivity contribution in [1.29, 1.82) is 0 Å². The Bertz CT molecular complexity index is 858. The van der Waals surface area contributed by atoms with Gasteiger partial charge in [0.05, 0.1) is 13.2 Å². The number of ketones is 1. The topological polar surface area (TPSA) is 121 Å². The van der Waals surface area contributed by atoms with Crippen LogP contribution in [0.3, 0.4) is 0 Å². The lowest BCUT2D eigenvalue weighted by Gasteiger charge is -2.49. The van der Waals surface area contributed by atoms with Crippen LogP contribution in [0.5, 0.6) is 0 Å². The second-order valence-electron chi connectivity index (χ2n) is 9.71. The van der Waals surface area contributed by atoms with Crippen LogP contribution in [0.25, 0.3) is 0 Å². The second kappa shape index (κ2) is 14.2. The van der Waals surface area contributed by atoms with Crippen molar-refractivity contribution in [2.24, 2.45) is 5.92 Å². The van der Waals surface area contributed by atoms with Gasteiger partial charge in [0.2, 0.25) is 12.2 Å². The molecule has 1 N–H and O–H groups in total. The minimum absolute atomic E-state index is 0. The summed E-state index contributed by atoms with van der Waals surface area (Å²) in [4.78, 5) is 44.6. The highest BCUT2D eigenvalue weighted by atomic mass is 35.5. The van der Waals surface area contributed by atoms with E-state index in [2.05, 4.69) is 15.5 Å². The van der Waals surface area contributed by atoms with Crippen LogP contribution in [-0.2, 0) is 9.53 Å². The highest BCUT2D eigenvalue weighted by Gasteiger charge is 2.47. The molecule has 3 rings (SSSR count). The van der Waals surface area contributed by atoms with Crippen molar-refractivity contribution in [1.82, 2.24) is 30.2 Å². The summed E-state index contributed by atoms with van der Waals surface area (Å²) in [6.07, 6.45) is 4.55. The third-order valence-corrected chi connectivity index (χ3v) is 7.31. The fourth-order valence-electron chi connectivity index (χ4n) is 4.62. The Kier molecular flexibility index (Phi) is 11.9. The lowest BCUT2D eigenvalue weighted by molar-refractivity contribution is -0.130. The number of thioether (sulfide) groups is 1. The molecule has 13 heteroatoms. The van der Waals surface area contributed by atoms with Gasteiger partial charge in [-0.25, -0.2) is 4.79 Å². The molecule has 0 spiro atoms. The molecule has 1 aromatic heterocycles. The minimum Gasteiger partial charge on any atom is -0.408 e. The summed E-state index contributed by atoms with van der Waals surface area (Å²) in [6.45, 7) is 6.53. The summed E-state index contributed by atoms with van der Waals surface area (Å²) in [5.74, 6) is -0.0188. The number of Topliss-reactive ketones (excluding diaryl/α,β-unsaturated/α-hetero) is 1. The number of carbonyl (C=O) groups is 3. The number of rotatable bonds is 11. The van der Waals surface area contributed by atoms with Crippen molar-refractivity contribution in [2.75, 3.05) is 52.7 Å². The molecule has 1 saturated heterocycles. The molecule has 3 amide bonds. The quantitative estimate of drug-likeness (QED) is 0.193. The van der Waals surface area contributed by atoms with Crippen LogP contribution in [0.2, 0.25) is 0 Å². The lowest BCUT2D eigenvalue weighted by atomic mass is 9.84. The van der Waals surface area contributed by atoms with E-state index in [0.29, 0.717) is 50.8 Å². The van der Waals surface area contributed by atoms with E-state index >= 15 is 0 Å². The first-order valence-electron chi connectivity index (χ1n) is 12.3. The number of hydrogen-bond acceptors (Lipinski definition) is 9. The van der Waals surface area contributed by atoms with Crippen molar-refractivity contribution in [2.45, 2.75) is 62.9 Å². The van der Waals surface area contributed by atoms with Crippen LogP contribution in [0, 0.1) is 5.92 Å². The summed E-state index contributed by atoms with van der Waals surface area (Å²) < 4.78 is 11.0. The molecular weight excluding hydrogens is 508 g/mol. The smallest absolute Gasteiger partial charge is 0.319 e. The van der Waals surface area contributed by atoms with E-state index in [-0.39, 0.29) is 30.2 Å². The van der Waals surface area contributed by atoms with Gasteiger partial charge in [0.25, 0.3) is 11.1 Å². The average molecular weight is 547 g/mol. The van der Waals surface area contributed by atoms with E-state index in [4.69, 9.17) is 9.15 Å². The number of urea groups is 1. The SMILES string of the molecule is CC(C)[C@@H](C(=O)c1nnc(SCCN(C)C)o1)N(C=O)C1(NC(=O)N2CCOCC2)CCCCC1.Cl. The van der Waals surface area contributed by atoms with Crippen molar-refractivity contribution < 1.29 is 23.5 Å². The van der Waals surface area contributed by atoms with E-state index < -0.39 is 17.5 Å². The van der Waals surface area contributed by atoms with E-state index in [1.165, 1.54) is 16.7 Å². The van der Waals surface area contributed by atoms with Gasteiger partial charge < -0.3 is 29.2 Å². The highest BCUT2D eigenvalue weighted by Crippen LogP contribution is 2.35. The Balaban J connectivity index is 0.00000456. The number of ether oxygens (including phenoxy) is 1. The number of aromatic nitrogens is 2. The van der Waals surface area contributed by atoms with E-state index in [1.807, 2.05) is 32.8 Å². The van der Waals surface area contributed by atoms with E-state index in [0.717, 1.165) is 31.6 Å². The van der Waals surface area contributed by atoms with Crippen molar-refractivity contribution in [3.8, 4) is 0 Å². The molecule has 0 bridgehead atoms. The van der Waals surface area contributed by atoms with Crippen LogP contribution in [0.15, 0.2) is 9.64 Å². The number of hydrogen-bond donors (Lipinski definition) is 1. The average Bonchev–Trinajstić information content (AvgIpc) is 3.31. The first-order chi connectivity index (χ1) is 16.8. The molecule has 1 atom stereocenters. The van der Waals surface area contributed by atoms with Gasteiger partial charge in [-0.3, -0.25) is 9.59 Å². The summed E-state index contributed by atoms with van der Waals surface area (Å²) in [5, 5.41) is 11.5. The predicted molar refractivity (Wildman–Crippen MR) is 138 cm³/mol. The molecule has 0 radical (unpaired) electrons. The Morgan fingerprint density at radius 1 is 1.17 bits per heavy atom. The fraction of sp³-hybridized carbons (Fsp3) is 0.783. The molecule has 204 valence electrons. The Labute approximate surface area is 223 Å². The molecule has 2 aliphatic rings. The largest absolute Gasteiger partial charge is 0.408 e. The van der Waals surface area contributed by atoms with Crippen molar-refractivity contribution >= 4 is 42.4 Å². The van der Waals surface area contributed by atoms with Crippen LogP contribution in [0.1, 0.15) is 56.6 Å². The minimum atomic E-state index is -0.955. The van der Waals surface area contributed by atoms with Gasteiger partial charge in [0.1, 0.15) is 11.7 Å². The number of morpholine rings is 1. The van der Waals surface area contributed by atoms with Gasteiger partial charge in [-0.15, -0.1) is 22.6 Å². The Hall–Kier alpha value is -1.89. The molecular formula is C23H39ClN6O5S. The molecule has 2 heterocycles. The zero-order chi connectivity index (χ0) is 25.4. The second-order valence-corrected chi connectivity index (χ2v) is 10.8. The van der Waals surface area contributed by atoms with Gasteiger partial charge in [-0.05, 0) is 45.7 Å². The molecule has 0 unspecified atom stereocenters. The standard InChI is InChI=1S/C23H38N6O5S.ClH/c1-17(2)18(19(31)20-25-26-22(34-20)35-15-12-27(3)4)29(16-30)23(8-6-5-7-9-23)24-21(32)28-10-13-33-14-11-28;/h16-18H,5-15H2,1-4H3,(H,24,32);1H/t18-;/m0./s1. The normalized spacial score (nSPS) is 18.4. The Morgan fingerprint density at radius 3 is 2.42 bits per heavy atom. The summed E-state index contributed by atoms with van der Waals surface area (Å²) >= 11 is 1.38.